The predicted octanol–water partition coefficient (Wildman–Crippen LogP) is 3.17. The summed E-state index contributed by atoms with van der Waals surface area (Å²) in [5.74, 6) is 0. The first kappa shape index (κ1) is 13.3. The van der Waals surface area contributed by atoms with Gasteiger partial charge in [-0.1, -0.05) is 30.3 Å². The van der Waals surface area contributed by atoms with Crippen molar-refractivity contribution in [1.29, 1.82) is 5.26 Å². The number of nitriles is 1. The number of aryl methyl sites for hydroxylation is 1. The van der Waals surface area contributed by atoms with Crippen LogP contribution in [0.5, 0.6) is 0 Å². The van der Waals surface area contributed by atoms with Gasteiger partial charge in [-0.05, 0) is 25.3 Å². The van der Waals surface area contributed by atoms with Gasteiger partial charge >= 0.3 is 0 Å². The molecule has 0 aliphatic heterocycles. The molecule has 1 aromatic heterocycles. The van der Waals surface area contributed by atoms with Gasteiger partial charge in [0.25, 0.3) is 0 Å². The summed E-state index contributed by atoms with van der Waals surface area (Å²) in [5, 5.41) is 14.1. The van der Waals surface area contributed by atoms with Crippen molar-refractivity contribution in [2.45, 2.75) is 37.8 Å². The van der Waals surface area contributed by atoms with Crippen molar-refractivity contribution >= 4 is 11.3 Å². The van der Waals surface area contributed by atoms with Gasteiger partial charge in [0.15, 0.2) is 0 Å². The Morgan fingerprint density at radius 3 is 2.75 bits per heavy atom. The maximum atomic E-state index is 9.51. The van der Waals surface area contributed by atoms with E-state index in [0.29, 0.717) is 6.04 Å². The predicted molar refractivity (Wildman–Crippen MR) is 80.4 cm³/mol. The molecule has 0 unspecified atom stereocenters. The Kier molecular flexibility index (Phi) is 3.56. The lowest BCUT2D eigenvalue weighted by molar-refractivity contribution is 0.225. The Hall–Kier alpha value is -1.70. The molecule has 0 amide bonds. The molecular formula is C16H17N3S. The van der Waals surface area contributed by atoms with Crippen LogP contribution < -0.4 is 5.32 Å². The van der Waals surface area contributed by atoms with Crippen LogP contribution in [0.2, 0.25) is 0 Å². The second kappa shape index (κ2) is 5.35. The molecule has 0 atom stereocenters. The number of aromatic nitrogens is 1. The van der Waals surface area contributed by atoms with E-state index in [1.54, 1.807) is 11.3 Å². The van der Waals surface area contributed by atoms with E-state index < -0.39 is 0 Å². The van der Waals surface area contributed by atoms with Crippen LogP contribution in [0.25, 0.3) is 0 Å². The van der Waals surface area contributed by atoms with E-state index in [1.807, 2.05) is 24.4 Å². The van der Waals surface area contributed by atoms with Crippen molar-refractivity contribution in [2.24, 2.45) is 0 Å². The molecule has 1 saturated carbocycles. The topological polar surface area (TPSA) is 48.7 Å². The second-order valence-corrected chi connectivity index (χ2v) is 6.73. The number of thiazole rings is 1. The van der Waals surface area contributed by atoms with Crippen LogP contribution in [0.3, 0.4) is 0 Å². The average molecular weight is 283 g/mol. The fraction of sp³-hybridized carbons (Fsp3) is 0.375. The van der Waals surface area contributed by atoms with Crippen molar-refractivity contribution < 1.29 is 0 Å². The van der Waals surface area contributed by atoms with Crippen LogP contribution in [-0.2, 0) is 12.0 Å². The lowest BCUT2D eigenvalue weighted by Crippen LogP contribution is -2.50. The van der Waals surface area contributed by atoms with Gasteiger partial charge in [-0.15, -0.1) is 11.3 Å². The third-order valence-corrected chi connectivity index (χ3v) is 4.85. The zero-order valence-corrected chi connectivity index (χ0v) is 12.3. The van der Waals surface area contributed by atoms with Crippen LogP contribution in [0.4, 0.5) is 0 Å². The molecule has 1 heterocycles. The van der Waals surface area contributed by atoms with E-state index in [0.717, 1.165) is 30.0 Å². The van der Waals surface area contributed by atoms with E-state index in [4.69, 9.17) is 0 Å². The number of nitrogens with one attached hydrogen (secondary N) is 1. The van der Waals surface area contributed by atoms with Crippen LogP contribution in [0.15, 0.2) is 36.5 Å². The molecule has 102 valence electrons. The zero-order chi connectivity index (χ0) is 14.0. The van der Waals surface area contributed by atoms with E-state index in [-0.39, 0.29) is 5.41 Å². The molecule has 1 fully saturated rings. The molecule has 0 radical (unpaired) electrons. The summed E-state index contributed by atoms with van der Waals surface area (Å²) in [6.07, 6.45) is 3.68. The fourth-order valence-corrected chi connectivity index (χ4v) is 3.53. The lowest BCUT2D eigenvalue weighted by atomic mass is 9.62. The number of benzene rings is 1. The van der Waals surface area contributed by atoms with Gasteiger partial charge in [0, 0.05) is 23.7 Å². The summed E-state index contributed by atoms with van der Waals surface area (Å²) in [5.41, 5.74) is 0.850. The molecule has 1 aromatic carbocycles. The maximum absolute atomic E-state index is 9.51. The zero-order valence-electron chi connectivity index (χ0n) is 11.5. The van der Waals surface area contributed by atoms with Crippen molar-refractivity contribution in [3.8, 4) is 6.07 Å². The summed E-state index contributed by atoms with van der Waals surface area (Å²) in [4.78, 5) is 5.59. The van der Waals surface area contributed by atoms with Crippen molar-refractivity contribution in [1.82, 2.24) is 10.3 Å². The molecular weight excluding hydrogens is 266 g/mol. The summed E-state index contributed by atoms with van der Waals surface area (Å²) in [6.45, 7) is 2.88. The molecule has 0 spiro atoms. The van der Waals surface area contributed by atoms with Gasteiger partial charge in [-0.3, -0.25) is 0 Å². The molecule has 3 nitrogen and oxygen atoms in total. The van der Waals surface area contributed by atoms with E-state index in [2.05, 4.69) is 35.4 Å². The Bertz CT molecular complexity index is 621. The second-order valence-electron chi connectivity index (χ2n) is 5.41. The average Bonchev–Trinajstić information content (AvgIpc) is 2.85. The van der Waals surface area contributed by atoms with Crippen LogP contribution >= 0.6 is 11.3 Å². The fourth-order valence-electron chi connectivity index (χ4n) is 2.79. The Morgan fingerprint density at radius 1 is 1.40 bits per heavy atom. The van der Waals surface area contributed by atoms with Gasteiger partial charge in [-0.2, -0.15) is 5.26 Å². The number of hydrogen-bond donors (Lipinski definition) is 1. The van der Waals surface area contributed by atoms with Gasteiger partial charge < -0.3 is 5.32 Å². The first-order valence-electron chi connectivity index (χ1n) is 6.83. The standard InChI is InChI=1S/C16H17N3S/c1-12-9-19-15(20-12)10-18-14-7-16(8-14,11-17)13-5-3-2-4-6-13/h2-6,9,14,18H,7-8,10H2,1H3. The third kappa shape index (κ3) is 2.47. The quantitative estimate of drug-likeness (QED) is 0.937. The van der Waals surface area contributed by atoms with Crippen LogP contribution in [0, 0.1) is 18.3 Å². The van der Waals surface area contributed by atoms with E-state index in [1.165, 1.54) is 4.88 Å². The molecule has 1 N–H and O–H groups in total. The smallest absolute Gasteiger partial charge is 0.107 e. The number of rotatable bonds is 4. The number of nitrogens with zero attached hydrogens (tertiary/aromatic N) is 2. The minimum Gasteiger partial charge on any atom is -0.308 e. The monoisotopic (exact) mass is 283 g/mol. The molecule has 2 aromatic rings. The SMILES string of the molecule is Cc1cnc(CNC2CC(C#N)(c3ccccc3)C2)s1. The summed E-state index contributed by atoms with van der Waals surface area (Å²) in [7, 11) is 0. The largest absolute Gasteiger partial charge is 0.308 e. The van der Waals surface area contributed by atoms with Crippen LogP contribution in [-0.4, -0.2) is 11.0 Å². The van der Waals surface area contributed by atoms with Gasteiger partial charge in [0.05, 0.1) is 11.5 Å². The first-order chi connectivity index (χ1) is 9.72. The molecule has 0 saturated heterocycles. The highest BCUT2D eigenvalue weighted by Crippen LogP contribution is 2.43. The minimum absolute atomic E-state index is 0.294. The van der Waals surface area contributed by atoms with Gasteiger partial charge in [0.1, 0.15) is 5.01 Å². The molecule has 1 aliphatic rings. The van der Waals surface area contributed by atoms with E-state index in [9.17, 15) is 5.26 Å². The molecule has 3 rings (SSSR count). The van der Waals surface area contributed by atoms with Crippen molar-refractivity contribution in [2.75, 3.05) is 0 Å². The minimum atomic E-state index is -0.294. The Morgan fingerprint density at radius 2 is 2.15 bits per heavy atom. The first-order valence-corrected chi connectivity index (χ1v) is 7.65. The van der Waals surface area contributed by atoms with Gasteiger partial charge in [-0.25, -0.2) is 4.98 Å². The Labute approximate surface area is 123 Å². The Balaban J connectivity index is 1.58. The maximum Gasteiger partial charge on any atom is 0.107 e. The lowest BCUT2D eigenvalue weighted by Gasteiger charge is -2.43. The normalized spacial score (nSPS) is 24.9. The van der Waals surface area contributed by atoms with Crippen LogP contribution in [0.1, 0.15) is 28.3 Å². The molecule has 20 heavy (non-hydrogen) atoms. The van der Waals surface area contributed by atoms with Gasteiger partial charge in [0.2, 0.25) is 0 Å². The number of hydrogen-bond acceptors (Lipinski definition) is 4. The third-order valence-electron chi connectivity index (χ3n) is 3.94. The summed E-state index contributed by atoms with van der Waals surface area (Å²) in [6, 6.07) is 13.1. The highest BCUT2D eigenvalue weighted by atomic mass is 32.1. The highest BCUT2D eigenvalue weighted by Gasteiger charge is 2.45. The molecule has 4 heteroatoms. The summed E-state index contributed by atoms with van der Waals surface area (Å²) < 4.78 is 0. The summed E-state index contributed by atoms with van der Waals surface area (Å²) >= 11 is 1.73. The van der Waals surface area contributed by atoms with Crippen molar-refractivity contribution in [3.05, 3.63) is 52.0 Å². The highest BCUT2D eigenvalue weighted by molar-refractivity contribution is 7.11. The van der Waals surface area contributed by atoms with Crippen molar-refractivity contribution in [3.63, 3.8) is 0 Å². The molecule has 0 bridgehead atoms. The van der Waals surface area contributed by atoms with E-state index >= 15 is 0 Å². The molecule has 1 aliphatic carbocycles.